The van der Waals surface area contributed by atoms with Crippen LogP contribution >= 0.6 is 0 Å². The highest BCUT2D eigenvalue weighted by atomic mass is 16.4. The summed E-state index contributed by atoms with van der Waals surface area (Å²) in [6, 6.07) is 0.136. The van der Waals surface area contributed by atoms with Crippen LogP contribution in [0.1, 0.15) is 39.0 Å². The quantitative estimate of drug-likeness (QED) is 0.741. The third kappa shape index (κ3) is 3.38. The molecular formula is C11H21N2O2-. The van der Waals surface area contributed by atoms with Crippen LogP contribution in [0.3, 0.4) is 0 Å². The van der Waals surface area contributed by atoms with Gasteiger partial charge in [0, 0.05) is 12.6 Å². The van der Waals surface area contributed by atoms with Crippen LogP contribution < -0.4 is 10.8 Å². The fourth-order valence-corrected chi connectivity index (χ4v) is 2.30. The van der Waals surface area contributed by atoms with Crippen molar-refractivity contribution in [2.75, 3.05) is 13.1 Å². The van der Waals surface area contributed by atoms with Crippen LogP contribution in [-0.4, -0.2) is 30.1 Å². The molecule has 1 heterocycles. The molecule has 1 fully saturated rings. The molecule has 15 heavy (non-hydrogen) atoms. The Kier molecular flexibility index (Phi) is 4.88. The molecule has 4 heteroatoms. The van der Waals surface area contributed by atoms with Gasteiger partial charge in [0.15, 0.2) is 0 Å². The first-order valence-electron chi connectivity index (χ1n) is 5.86. The third-order valence-electron chi connectivity index (χ3n) is 3.28. The number of unbranched alkanes of at least 4 members (excludes halogenated alkanes) is 1. The van der Waals surface area contributed by atoms with Crippen LogP contribution in [0.15, 0.2) is 0 Å². The number of carbonyl (C=O) groups is 1. The van der Waals surface area contributed by atoms with Crippen molar-refractivity contribution in [1.29, 1.82) is 0 Å². The fourth-order valence-electron chi connectivity index (χ4n) is 2.30. The van der Waals surface area contributed by atoms with Gasteiger partial charge in [0.2, 0.25) is 0 Å². The van der Waals surface area contributed by atoms with Crippen molar-refractivity contribution in [3.63, 3.8) is 0 Å². The van der Waals surface area contributed by atoms with E-state index in [1.165, 1.54) is 4.90 Å². The smallest absolute Gasteiger partial charge is 0.137 e. The molecule has 1 rings (SSSR count). The molecule has 88 valence electrons. The van der Waals surface area contributed by atoms with Gasteiger partial charge in [-0.05, 0) is 31.7 Å². The maximum Gasteiger partial charge on any atom is 0.137 e. The topological polar surface area (TPSA) is 69.4 Å². The summed E-state index contributed by atoms with van der Waals surface area (Å²) in [5.74, 6) is 0.488. The zero-order valence-corrected chi connectivity index (χ0v) is 9.45. The van der Waals surface area contributed by atoms with Gasteiger partial charge in [0.1, 0.15) is 6.09 Å². The summed E-state index contributed by atoms with van der Waals surface area (Å²) in [6.07, 6.45) is 3.89. The van der Waals surface area contributed by atoms with Crippen molar-refractivity contribution in [3.8, 4) is 0 Å². The van der Waals surface area contributed by atoms with Gasteiger partial charge < -0.3 is 20.5 Å². The second-order valence-corrected chi connectivity index (χ2v) is 4.38. The van der Waals surface area contributed by atoms with Gasteiger partial charge in [0.05, 0.1) is 0 Å². The minimum Gasteiger partial charge on any atom is -0.530 e. The van der Waals surface area contributed by atoms with E-state index < -0.39 is 6.09 Å². The van der Waals surface area contributed by atoms with E-state index in [9.17, 15) is 9.90 Å². The second-order valence-electron chi connectivity index (χ2n) is 4.38. The molecule has 0 aromatic heterocycles. The Morgan fingerprint density at radius 2 is 2.33 bits per heavy atom. The van der Waals surface area contributed by atoms with Crippen LogP contribution in [0.25, 0.3) is 0 Å². The molecular weight excluding hydrogens is 192 g/mol. The average Bonchev–Trinajstić information content (AvgIpc) is 2.25. The number of carboxylic acid groups (broad SMARTS) is 1. The van der Waals surface area contributed by atoms with Crippen molar-refractivity contribution < 1.29 is 9.90 Å². The maximum absolute atomic E-state index is 10.9. The van der Waals surface area contributed by atoms with Crippen LogP contribution in [0.4, 0.5) is 4.79 Å². The largest absolute Gasteiger partial charge is 0.530 e. The molecule has 4 nitrogen and oxygen atoms in total. The molecule has 2 atom stereocenters. The number of likely N-dealkylation sites (tertiary alicyclic amines) is 1. The molecule has 2 unspecified atom stereocenters. The minimum absolute atomic E-state index is 0.136. The van der Waals surface area contributed by atoms with E-state index in [0.717, 1.165) is 32.1 Å². The number of amides is 1. The zero-order chi connectivity index (χ0) is 11.3. The van der Waals surface area contributed by atoms with Gasteiger partial charge in [-0.25, -0.2) is 0 Å². The number of hydrogen-bond donors (Lipinski definition) is 1. The van der Waals surface area contributed by atoms with E-state index in [4.69, 9.17) is 5.73 Å². The maximum atomic E-state index is 10.9. The summed E-state index contributed by atoms with van der Waals surface area (Å²) in [5, 5.41) is 10.9. The minimum atomic E-state index is -1.02. The van der Waals surface area contributed by atoms with Crippen molar-refractivity contribution in [3.05, 3.63) is 0 Å². The number of piperidine rings is 1. The van der Waals surface area contributed by atoms with E-state index >= 15 is 0 Å². The van der Waals surface area contributed by atoms with E-state index in [1.54, 1.807) is 0 Å². The molecule has 1 amide bonds. The average molecular weight is 213 g/mol. The number of rotatable bonds is 4. The highest BCUT2D eigenvalue weighted by Gasteiger charge is 2.26. The van der Waals surface area contributed by atoms with E-state index in [1.807, 2.05) is 0 Å². The summed E-state index contributed by atoms with van der Waals surface area (Å²) in [5.41, 5.74) is 5.63. The fraction of sp³-hybridized carbons (Fsp3) is 0.909. The molecule has 0 bridgehead atoms. The highest BCUT2D eigenvalue weighted by Crippen LogP contribution is 2.25. The summed E-state index contributed by atoms with van der Waals surface area (Å²) < 4.78 is 0. The molecule has 0 saturated carbocycles. The van der Waals surface area contributed by atoms with E-state index in [-0.39, 0.29) is 6.04 Å². The van der Waals surface area contributed by atoms with Gasteiger partial charge in [-0.3, -0.25) is 0 Å². The predicted octanol–water partition coefficient (Wildman–Crippen LogP) is 0.559. The Balaban J connectivity index is 2.52. The summed E-state index contributed by atoms with van der Waals surface area (Å²) >= 11 is 0. The monoisotopic (exact) mass is 213 g/mol. The SMILES string of the molecule is CCCCC1CC(CN)CCN1C(=O)[O-]. The molecule has 0 spiro atoms. The Morgan fingerprint density at radius 1 is 1.60 bits per heavy atom. The summed E-state index contributed by atoms with van der Waals surface area (Å²) in [4.78, 5) is 12.4. The van der Waals surface area contributed by atoms with Gasteiger partial charge in [-0.2, -0.15) is 0 Å². The van der Waals surface area contributed by atoms with Crippen LogP contribution in [0.5, 0.6) is 0 Å². The standard InChI is InChI=1S/C11H22N2O2/c1-2-3-4-10-7-9(8-12)5-6-13(10)11(14)15/h9-10H,2-8,12H2,1H3,(H,14,15)/p-1. The number of nitrogens with two attached hydrogens (primary N) is 1. The lowest BCUT2D eigenvalue weighted by Gasteiger charge is -2.41. The summed E-state index contributed by atoms with van der Waals surface area (Å²) in [7, 11) is 0. The van der Waals surface area contributed by atoms with Crippen molar-refractivity contribution in [1.82, 2.24) is 4.90 Å². The normalized spacial score (nSPS) is 26.7. The molecule has 0 aromatic carbocycles. The molecule has 1 saturated heterocycles. The number of carbonyl (C=O) groups excluding carboxylic acids is 1. The Bertz CT molecular complexity index is 209. The van der Waals surface area contributed by atoms with Gasteiger partial charge in [-0.1, -0.05) is 19.8 Å². The van der Waals surface area contributed by atoms with Crippen molar-refractivity contribution >= 4 is 6.09 Å². The molecule has 1 aliphatic rings. The second kappa shape index (κ2) is 5.95. The van der Waals surface area contributed by atoms with Crippen molar-refractivity contribution in [2.45, 2.75) is 45.1 Å². The van der Waals surface area contributed by atoms with Crippen LogP contribution in [-0.2, 0) is 0 Å². The van der Waals surface area contributed by atoms with E-state index in [0.29, 0.717) is 19.0 Å². The molecule has 1 aliphatic heterocycles. The summed E-state index contributed by atoms with van der Waals surface area (Å²) in [6.45, 7) is 3.38. The third-order valence-corrected chi connectivity index (χ3v) is 3.28. The Labute approximate surface area is 91.4 Å². The first kappa shape index (κ1) is 12.3. The highest BCUT2D eigenvalue weighted by molar-refractivity contribution is 5.63. The predicted molar refractivity (Wildman–Crippen MR) is 57.2 cm³/mol. The number of nitrogens with zero attached hydrogens (tertiary/aromatic N) is 1. The van der Waals surface area contributed by atoms with Gasteiger partial charge in [0.25, 0.3) is 0 Å². The van der Waals surface area contributed by atoms with Gasteiger partial charge >= 0.3 is 0 Å². The molecule has 0 radical (unpaired) electrons. The lowest BCUT2D eigenvalue weighted by Crippen LogP contribution is -2.52. The first-order chi connectivity index (χ1) is 7.19. The van der Waals surface area contributed by atoms with Gasteiger partial charge in [-0.15, -0.1) is 0 Å². The molecule has 0 aromatic rings. The Morgan fingerprint density at radius 3 is 2.87 bits per heavy atom. The zero-order valence-electron chi connectivity index (χ0n) is 9.45. The van der Waals surface area contributed by atoms with Crippen LogP contribution in [0, 0.1) is 5.92 Å². The van der Waals surface area contributed by atoms with E-state index in [2.05, 4.69) is 6.92 Å². The number of hydrogen-bond acceptors (Lipinski definition) is 3. The molecule has 2 N–H and O–H groups in total. The van der Waals surface area contributed by atoms with Crippen molar-refractivity contribution in [2.24, 2.45) is 11.7 Å². The molecule has 0 aliphatic carbocycles. The Hall–Kier alpha value is -0.770. The van der Waals surface area contributed by atoms with Crippen LogP contribution in [0.2, 0.25) is 0 Å². The first-order valence-corrected chi connectivity index (χ1v) is 5.86. The lowest BCUT2D eigenvalue weighted by atomic mass is 9.88. The lowest BCUT2D eigenvalue weighted by molar-refractivity contribution is -0.269.